The lowest BCUT2D eigenvalue weighted by Crippen LogP contribution is -2.32. The van der Waals surface area contributed by atoms with Crippen LogP contribution in [0.15, 0.2) is 40.3 Å². The largest absolute Gasteiger partial charge is 0.441 e. The van der Waals surface area contributed by atoms with Crippen molar-refractivity contribution in [3.63, 3.8) is 0 Å². The smallest absolute Gasteiger partial charge is 0.226 e. The van der Waals surface area contributed by atoms with Crippen LogP contribution in [0.25, 0.3) is 11.3 Å². The maximum Gasteiger partial charge on any atom is 0.226 e. The van der Waals surface area contributed by atoms with Crippen LogP contribution in [0.2, 0.25) is 0 Å². The highest BCUT2D eigenvalue weighted by Crippen LogP contribution is 2.23. The SMILES string of the molecule is CC1CCN(Cc2csc(NC(=O)CCc3ncc(-c4ccc(F)cc4)o3)n2)CC1. The van der Waals surface area contributed by atoms with E-state index in [1.54, 1.807) is 18.3 Å². The highest BCUT2D eigenvalue weighted by Gasteiger charge is 2.17. The van der Waals surface area contributed by atoms with Crippen LogP contribution in [0, 0.1) is 11.7 Å². The van der Waals surface area contributed by atoms with Crippen molar-refractivity contribution in [2.45, 2.75) is 39.2 Å². The van der Waals surface area contributed by atoms with Gasteiger partial charge in [0.2, 0.25) is 5.91 Å². The molecular weight excluding hydrogens is 403 g/mol. The first-order chi connectivity index (χ1) is 14.5. The molecule has 30 heavy (non-hydrogen) atoms. The van der Waals surface area contributed by atoms with Crippen LogP contribution in [-0.2, 0) is 17.8 Å². The minimum Gasteiger partial charge on any atom is -0.441 e. The van der Waals surface area contributed by atoms with E-state index in [0.29, 0.717) is 23.2 Å². The van der Waals surface area contributed by atoms with Gasteiger partial charge in [0.1, 0.15) is 5.82 Å². The number of benzene rings is 1. The fraction of sp³-hybridized carbons (Fsp3) is 0.409. The van der Waals surface area contributed by atoms with Gasteiger partial charge in [0.15, 0.2) is 16.8 Å². The summed E-state index contributed by atoms with van der Waals surface area (Å²) < 4.78 is 18.7. The Bertz CT molecular complexity index is 977. The Balaban J connectivity index is 1.24. The summed E-state index contributed by atoms with van der Waals surface area (Å²) in [5.41, 5.74) is 1.75. The lowest BCUT2D eigenvalue weighted by molar-refractivity contribution is -0.116. The summed E-state index contributed by atoms with van der Waals surface area (Å²) >= 11 is 1.45. The van der Waals surface area contributed by atoms with Gasteiger partial charge in [-0.05, 0) is 56.1 Å². The third kappa shape index (κ3) is 5.52. The van der Waals surface area contributed by atoms with E-state index >= 15 is 0 Å². The van der Waals surface area contributed by atoms with Gasteiger partial charge in [-0.15, -0.1) is 11.3 Å². The Morgan fingerprint density at radius 2 is 2.07 bits per heavy atom. The summed E-state index contributed by atoms with van der Waals surface area (Å²) in [6.45, 7) is 5.35. The molecule has 4 rings (SSSR count). The average Bonchev–Trinajstić information content (AvgIpc) is 3.38. The number of carbonyl (C=O) groups excluding carboxylic acids is 1. The zero-order valence-electron chi connectivity index (χ0n) is 16.9. The van der Waals surface area contributed by atoms with Crippen LogP contribution in [-0.4, -0.2) is 33.9 Å². The van der Waals surface area contributed by atoms with Gasteiger partial charge >= 0.3 is 0 Å². The first kappa shape index (κ1) is 20.7. The molecule has 1 N–H and O–H groups in total. The van der Waals surface area contributed by atoms with Gasteiger partial charge in [0, 0.05) is 30.3 Å². The number of piperidine rings is 1. The molecule has 2 aromatic heterocycles. The number of likely N-dealkylation sites (tertiary alicyclic amines) is 1. The van der Waals surface area contributed by atoms with Crippen molar-refractivity contribution in [2.24, 2.45) is 5.92 Å². The van der Waals surface area contributed by atoms with Crippen molar-refractivity contribution in [1.29, 1.82) is 0 Å². The molecule has 3 aromatic rings. The second kappa shape index (κ2) is 9.49. The fourth-order valence-electron chi connectivity index (χ4n) is 3.46. The van der Waals surface area contributed by atoms with Gasteiger partial charge < -0.3 is 9.73 Å². The maximum atomic E-state index is 13.0. The first-order valence-corrected chi connectivity index (χ1v) is 11.1. The molecule has 0 saturated carbocycles. The predicted octanol–water partition coefficient (Wildman–Crippen LogP) is 4.74. The number of rotatable bonds is 7. The molecule has 158 valence electrons. The molecule has 6 nitrogen and oxygen atoms in total. The monoisotopic (exact) mass is 428 g/mol. The van der Waals surface area contributed by atoms with E-state index in [1.165, 1.54) is 36.3 Å². The number of halogens is 1. The number of hydrogen-bond acceptors (Lipinski definition) is 6. The van der Waals surface area contributed by atoms with Crippen LogP contribution in [0.5, 0.6) is 0 Å². The van der Waals surface area contributed by atoms with E-state index in [2.05, 4.69) is 27.1 Å². The van der Waals surface area contributed by atoms with E-state index in [0.717, 1.165) is 36.8 Å². The number of carbonyl (C=O) groups is 1. The van der Waals surface area contributed by atoms with Gasteiger partial charge in [-0.1, -0.05) is 6.92 Å². The summed E-state index contributed by atoms with van der Waals surface area (Å²) in [4.78, 5) is 23.4. The highest BCUT2D eigenvalue weighted by atomic mass is 32.1. The van der Waals surface area contributed by atoms with E-state index in [9.17, 15) is 9.18 Å². The number of oxazole rings is 1. The van der Waals surface area contributed by atoms with Crippen molar-refractivity contribution in [2.75, 3.05) is 18.4 Å². The van der Waals surface area contributed by atoms with E-state index in [4.69, 9.17) is 4.42 Å². The number of nitrogens with zero attached hydrogens (tertiary/aromatic N) is 3. The van der Waals surface area contributed by atoms with E-state index < -0.39 is 0 Å². The van der Waals surface area contributed by atoms with Gasteiger partial charge in [0.05, 0.1) is 11.9 Å². The van der Waals surface area contributed by atoms with Crippen LogP contribution >= 0.6 is 11.3 Å². The molecular formula is C22H25FN4O2S. The minimum absolute atomic E-state index is 0.121. The van der Waals surface area contributed by atoms with Crippen LogP contribution in [0.1, 0.15) is 37.8 Å². The molecule has 1 aliphatic heterocycles. The van der Waals surface area contributed by atoms with Gasteiger partial charge in [-0.3, -0.25) is 9.69 Å². The predicted molar refractivity (Wildman–Crippen MR) is 115 cm³/mol. The van der Waals surface area contributed by atoms with Crippen molar-refractivity contribution in [3.8, 4) is 11.3 Å². The Morgan fingerprint density at radius 3 is 2.83 bits per heavy atom. The topological polar surface area (TPSA) is 71.3 Å². The normalized spacial score (nSPS) is 15.4. The maximum absolute atomic E-state index is 13.0. The van der Waals surface area contributed by atoms with Gasteiger partial charge in [-0.25, -0.2) is 14.4 Å². The average molecular weight is 429 g/mol. The zero-order valence-corrected chi connectivity index (χ0v) is 17.8. The molecule has 1 fully saturated rings. The molecule has 1 saturated heterocycles. The zero-order chi connectivity index (χ0) is 20.9. The van der Waals surface area contributed by atoms with Crippen molar-refractivity contribution < 1.29 is 13.6 Å². The molecule has 1 aliphatic rings. The third-order valence-electron chi connectivity index (χ3n) is 5.31. The molecule has 3 heterocycles. The van der Waals surface area contributed by atoms with Crippen LogP contribution in [0.4, 0.5) is 9.52 Å². The molecule has 1 amide bonds. The Morgan fingerprint density at radius 1 is 1.30 bits per heavy atom. The molecule has 0 aliphatic carbocycles. The number of amides is 1. The lowest BCUT2D eigenvalue weighted by Gasteiger charge is -2.29. The van der Waals surface area contributed by atoms with Crippen molar-refractivity contribution in [1.82, 2.24) is 14.9 Å². The minimum atomic E-state index is -0.300. The molecule has 0 bridgehead atoms. The second-order valence-corrected chi connectivity index (χ2v) is 8.63. The van der Waals surface area contributed by atoms with Gasteiger partial charge in [0.25, 0.3) is 0 Å². The Labute approximate surface area is 179 Å². The Hall–Kier alpha value is -2.58. The van der Waals surface area contributed by atoms with E-state index in [1.807, 2.05) is 5.38 Å². The van der Waals surface area contributed by atoms with Crippen LogP contribution in [0.3, 0.4) is 0 Å². The quantitative estimate of drug-likeness (QED) is 0.589. The molecule has 0 unspecified atom stereocenters. The number of hydrogen-bond donors (Lipinski definition) is 1. The van der Waals surface area contributed by atoms with Crippen molar-refractivity contribution >= 4 is 22.4 Å². The number of nitrogens with one attached hydrogen (secondary N) is 1. The molecule has 1 aromatic carbocycles. The Kier molecular flexibility index (Phi) is 6.54. The summed E-state index contributed by atoms with van der Waals surface area (Å²) in [6, 6.07) is 6.02. The van der Waals surface area contributed by atoms with E-state index in [-0.39, 0.29) is 18.1 Å². The standard InChI is InChI=1S/C22H25FN4O2S/c1-15-8-10-27(11-9-15)13-18-14-30-22(25-18)26-20(28)6-7-21-24-12-19(29-21)16-2-4-17(23)5-3-16/h2-5,12,14-15H,6-11,13H2,1H3,(H,25,26,28). The summed E-state index contributed by atoms with van der Waals surface area (Å²) in [5.74, 6) is 1.42. The summed E-state index contributed by atoms with van der Waals surface area (Å²) in [5, 5.41) is 5.50. The van der Waals surface area contributed by atoms with Crippen molar-refractivity contribution in [3.05, 3.63) is 53.2 Å². The number of aromatic nitrogens is 2. The number of thiazole rings is 1. The molecule has 0 atom stereocenters. The second-order valence-electron chi connectivity index (χ2n) is 7.78. The summed E-state index contributed by atoms with van der Waals surface area (Å²) in [6.07, 6.45) is 4.70. The molecule has 0 spiro atoms. The molecule has 8 heteroatoms. The lowest BCUT2D eigenvalue weighted by atomic mass is 9.99. The highest BCUT2D eigenvalue weighted by molar-refractivity contribution is 7.13. The molecule has 0 radical (unpaired) electrons. The fourth-order valence-corrected chi connectivity index (χ4v) is 4.18. The summed E-state index contributed by atoms with van der Waals surface area (Å²) in [7, 11) is 0. The third-order valence-corrected chi connectivity index (χ3v) is 6.11. The first-order valence-electron chi connectivity index (χ1n) is 10.2. The number of anilines is 1. The van der Waals surface area contributed by atoms with Crippen LogP contribution < -0.4 is 5.32 Å². The number of aryl methyl sites for hydroxylation is 1. The van der Waals surface area contributed by atoms with Gasteiger partial charge in [-0.2, -0.15) is 0 Å².